The fourth-order valence-electron chi connectivity index (χ4n) is 3.06. The Labute approximate surface area is 127 Å². The van der Waals surface area contributed by atoms with Gasteiger partial charge in [-0.3, -0.25) is 0 Å². The minimum atomic E-state index is -0.827. The standard InChI is InChI=1S/C18H16F2O2/c1-10-13-6-5-12(21)7-11(13)3-2-4-14(10)15-8-17(20)18(22)9-16(15)19/h5-9,21-22H,2-4H2,1H3. The molecule has 0 aliphatic heterocycles. The van der Waals surface area contributed by atoms with Gasteiger partial charge in [-0.15, -0.1) is 0 Å². The number of rotatable bonds is 1. The van der Waals surface area contributed by atoms with Crippen molar-refractivity contribution < 1.29 is 19.0 Å². The molecule has 22 heavy (non-hydrogen) atoms. The lowest BCUT2D eigenvalue weighted by atomic mass is 9.93. The van der Waals surface area contributed by atoms with E-state index in [1.807, 2.05) is 6.92 Å². The van der Waals surface area contributed by atoms with Crippen LogP contribution in [0.5, 0.6) is 11.5 Å². The normalized spacial score (nSPS) is 14.7. The molecule has 0 fully saturated rings. The first-order valence-electron chi connectivity index (χ1n) is 7.18. The van der Waals surface area contributed by atoms with Gasteiger partial charge in [-0.1, -0.05) is 6.07 Å². The molecule has 2 aromatic rings. The van der Waals surface area contributed by atoms with E-state index in [2.05, 4.69) is 0 Å². The summed E-state index contributed by atoms with van der Waals surface area (Å²) in [7, 11) is 0. The largest absolute Gasteiger partial charge is 0.508 e. The van der Waals surface area contributed by atoms with Crippen molar-refractivity contribution in [2.24, 2.45) is 0 Å². The van der Waals surface area contributed by atoms with Crippen LogP contribution in [0.1, 0.15) is 36.5 Å². The average molecular weight is 302 g/mol. The van der Waals surface area contributed by atoms with E-state index in [9.17, 15) is 19.0 Å². The first-order valence-corrected chi connectivity index (χ1v) is 7.18. The van der Waals surface area contributed by atoms with Crippen LogP contribution in [-0.2, 0) is 6.42 Å². The summed E-state index contributed by atoms with van der Waals surface area (Å²) in [4.78, 5) is 0. The summed E-state index contributed by atoms with van der Waals surface area (Å²) in [5.74, 6) is -1.93. The predicted molar refractivity (Wildman–Crippen MR) is 81.6 cm³/mol. The highest BCUT2D eigenvalue weighted by atomic mass is 19.1. The lowest BCUT2D eigenvalue weighted by Crippen LogP contribution is -1.95. The molecular formula is C18H16F2O2. The molecule has 2 aromatic carbocycles. The Balaban J connectivity index is 2.20. The molecule has 0 bridgehead atoms. The third kappa shape index (κ3) is 2.45. The molecule has 0 spiro atoms. The van der Waals surface area contributed by atoms with Gasteiger partial charge in [-0.25, -0.2) is 8.78 Å². The number of phenols is 2. The van der Waals surface area contributed by atoms with E-state index in [4.69, 9.17) is 0 Å². The van der Waals surface area contributed by atoms with Crippen molar-refractivity contribution in [3.8, 4) is 11.5 Å². The number of halogens is 2. The zero-order valence-corrected chi connectivity index (χ0v) is 12.2. The Kier molecular flexibility index (Phi) is 3.61. The lowest BCUT2D eigenvalue weighted by molar-refractivity contribution is 0.426. The van der Waals surface area contributed by atoms with Gasteiger partial charge in [0.05, 0.1) is 0 Å². The van der Waals surface area contributed by atoms with Crippen molar-refractivity contribution >= 4 is 11.1 Å². The number of benzene rings is 2. The van der Waals surface area contributed by atoms with Crippen molar-refractivity contribution in [3.63, 3.8) is 0 Å². The summed E-state index contributed by atoms with van der Waals surface area (Å²) in [5, 5.41) is 18.9. The van der Waals surface area contributed by atoms with E-state index in [1.165, 1.54) is 0 Å². The Morgan fingerprint density at radius 3 is 2.45 bits per heavy atom. The van der Waals surface area contributed by atoms with Gasteiger partial charge in [0.15, 0.2) is 11.6 Å². The van der Waals surface area contributed by atoms with E-state index in [0.29, 0.717) is 6.42 Å². The fourth-order valence-corrected chi connectivity index (χ4v) is 3.06. The van der Waals surface area contributed by atoms with Crippen LogP contribution < -0.4 is 0 Å². The maximum absolute atomic E-state index is 14.2. The minimum Gasteiger partial charge on any atom is -0.508 e. The Morgan fingerprint density at radius 2 is 1.68 bits per heavy atom. The van der Waals surface area contributed by atoms with E-state index < -0.39 is 17.4 Å². The fraction of sp³-hybridized carbons (Fsp3) is 0.222. The molecule has 1 aliphatic carbocycles. The Hall–Kier alpha value is -2.36. The first-order chi connectivity index (χ1) is 10.5. The number of aryl methyl sites for hydroxylation is 1. The number of hydrogen-bond acceptors (Lipinski definition) is 2. The third-order valence-electron chi connectivity index (χ3n) is 4.18. The summed E-state index contributed by atoms with van der Waals surface area (Å²) >= 11 is 0. The van der Waals surface area contributed by atoms with Crippen molar-refractivity contribution in [2.75, 3.05) is 0 Å². The van der Waals surface area contributed by atoms with Crippen molar-refractivity contribution in [1.82, 2.24) is 0 Å². The van der Waals surface area contributed by atoms with E-state index in [1.54, 1.807) is 18.2 Å². The van der Waals surface area contributed by atoms with Gasteiger partial charge < -0.3 is 10.2 Å². The van der Waals surface area contributed by atoms with Gasteiger partial charge in [0.1, 0.15) is 11.6 Å². The van der Waals surface area contributed by atoms with Gasteiger partial charge in [0, 0.05) is 11.6 Å². The molecule has 0 saturated heterocycles. The minimum absolute atomic E-state index is 0.189. The smallest absolute Gasteiger partial charge is 0.165 e. The highest BCUT2D eigenvalue weighted by molar-refractivity contribution is 5.91. The SMILES string of the molecule is CC1=C(c2cc(F)c(O)cc2F)CCCc2cc(O)ccc21. The quantitative estimate of drug-likeness (QED) is 0.805. The maximum Gasteiger partial charge on any atom is 0.165 e. The molecule has 0 atom stereocenters. The molecule has 0 unspecified atom stereocenters. The number of fused-ring (bicyclic) bond motifs is 1. The van der Waals surface area contributed by atoms with Crippen molar-refractivity contribution in [2.45, 2.75) is 26.2 Å². The second-order valence-corrected chi connectivity index (χ2v) is 5.58. The second kappa shape index (κ2) is 5.44. The van der Waals surface area contributed by atoms with Crippen LogP contribution in [-0.4, -0.2) is 10.2 Å². The summed E-state index contributed by atoms with van der Waals surface area (Å²) < 4.78 is 27.8. The molecule has 0 heterocycles. The van der Waals surface area contributed by atoms with Crippen LogP contribution in [0.3, 0.4) is 0 Å². The molecule has 1 aliphatic rings. The topological polar surface area (TPSA) is 40.5 Å². The zero-order chi connectivity index (χ0) is 15.9. The lowest BCUT2D eigenvalue weighted by Gasteiger charge is -2.13. The van der Waals surface area contributed by atoms with E-state index in [-0.39, 0.29) is 11.3 Å². The summed E-state index contributed by atoms with van der Waals surface area (Å²) in [6.07, 6.45) is 2.17. The van der Waals surface area contributed by atoms with E-state index >= 15 is 0 Å². The Bertz CT molecular complexity index is 779. The molecule has 0 radical (unpaired) electrons. The summed E-state index contributed by atoms with van der Waals surface area (Å²) in [6, 6.07) is 6.98. The number of hydrogen-bond donors (Lipinski definition) is 2. The molecule has 2 N–H and O–H groups in total. The monoisotopic (exact) mass is 302 g/mol. The van der Waals surface area contributed by atoms with Gasteiger partial charge >= 0.3 is 0 Å². The van der Waals surface area contributed by atoms with Crippen molar-refractivity contribution in [3.05, 3.63) is 58.7 Å². The van der Waals surface area contributed by atoms with Crippen LogP contribution in [0.15, 0.2) is 30.3 Å². The molecule has 114 valence electrons. The molecule has 4 heteroatoms. The maximum atomic E-state index is 14.2. The highest BCUT2D eigenvalue weighted by Crippen LogP contribution is 2.38. The van der Waals surface area contributed by atoms with Crippen LogP contribution >= 0.6 is 0 Å². The third-order valence-corrected chi connectivity index (χ3v) is 4.18. The van der Waals surface area contributed by atoms with Crippen LogP contribution in [0, 0.1) is 11.6 Å². The number of allylic oxidation sites excluding steroid dienone is 2. The van der Waals surface area contributed by atoms with Crippen LogP contribution in [0.2, 0.25) is 0 Å². The van der Waals surface area contributed by atoms with Gasteiger partial charge in [0.2, 0.25) is 0 Å². The first kappa shape index (κ1) is 14.6. The van der Waals surface area contributed by atoms with Crippen molar-refractivity contribution in [1.29, 1.82) is 0 Å². The van der Waals surface area contributed by atoms with Gasteiger partial charge in [0.25, 0.3) is 0 Å². The Morgan fingerprint density at radius 1 is 0.909 bits per heavy atom. The molecule has 0 amide bonds. The van der Waals surface area contributed by atoms with E-state index in [0.717, 1.165) is 47.2 Å². The second-order valence-electron chi connectivity index (χ2n) is 5.58. The summed E-state index contributed by atoms with van der Waals surface area (Å²) in [6.45, 7) is 1.88. The predicted octanol–water partition coefficient (Wildman–Crippen LogP) is 4.64. The summed E-state index contributed by atoms with van der Waals surface area (Å²) in [5.41, 5.74) is 3.75. The molecule has 0 saturated carbocycles. The molecule has 0 aromatic heterocycles. The highest BCUT2D eigenvalue weighted by Gasteiger charge is 2.19. The van der Waals surface area contributed by atoms with Gasteiger partial charge in [-0.2, -0.15) is 0 Å². The molecule has 2 nitrogen and oxygen atoms in total. The molecular weight excluding hydrogens is 286 g/mol. The zero-order valence-electron chi connectivity index (χ0n) is 12.2. The van der Waals surface area contributed by atoms with Gasteiger partial charge in [-0.05, 0) is 66.7 Å². The number of phenolic OH excluding ortho intramolecular Hbond substituents is 2. The number of aromatic hydroxyl groups is 2. The van der Waals surface area contributed by atoms with Crippen LogP contribution in [0.25, 0.3) is 11.1 Å². The van der Waals surface area contributed by atoms with Crippen LogP contribution in [0.4, 0.5) is 8.78 Å². The molecule has 3 rings (SSSR count). The average Bonchev–Trinajstić information content (AvgIpc) is 2.62.